The molecule has 0 spiro atoms. The maximum atomic E-state index is 12.5. The van der Waals surface area contributed by atoms with Crippen LogP contribution in [0.2, 0.25) is 0 Å². The van der Waals surface area contributed by atoms with Crippen LogP contribution in [0.4, 0.5) is 0 Å². The van der Waals surface area contributed by atoms with Gasteiger partial charge in [0.15, 0.2) is 0 Å². The highest BCUT2D eigenvalue weighted by Crippen LogP contribution is 2.18. The number of para-hydroxylation sites is 2. The fourth-order valence-electron chi connectivity index (χ4n) is 2.74. The molecule has 0 aliphatic rings. The number of hydrogen-bond donors (Lipinski definition) is 2. The summed E-state index contributed by atoms with van der Waals surface area (Å²) in [6.45, 7) is 4.53. The Bertz CT molecular complexity index is 1050. The number of carbonyl (C=O) groups excluding carboxylic acids is 2. The summed E-state index contributed by atoms with van der Waals surface area (Å²) in [7, 11) is 0. The van der Waals surface area contributed by atoms with Crippen LogP contribution in [0.1, 0.15) is 20.7 Å². The van der Waals surface area contributed by atoms with Crippen LogP contribution in [0.15, 0.2) is 91.5 Å². The second kappa shape index (κ2) is 11.8. The van der Waals surface area contributed by atoms with Gasteiger partial charge < -0.3 is 14.2 Å². The molecule has 0 aliphatic carbocycles. The first-order chi connectivity index (χ1) is 15.7. The highest BCUT2D eigenvalue weighted by Gasteiger charge is 2.14. The number of amides is 2. The molecule has 0 unspecified atom stereocenters. The molecule has 2 N–H and O–H groups in total. The largest absolute Gasteiger partial charge is 0.490 e. The van der Waals surface area contributed by atoms with Gasteiger partial charge in [-0.15, -0.1) is 0 Å². The van der Waals surface area contributed by atoms with Crippen LogP contribution >= 0.6 is 0 Å². The zero-order valence-electron chi connectivity index (χ0n) is 17.5. The van der Waals surface area contributed by atoms with E-state index in [1.54, 1.807) is 54.6 Å². The van der Waals surface area contributed by atoms with Gasteiger partial charge in [-0.05, 0) is 42.5 Å². The topological polar surface area (TPSA) is 85.9 Å². The third-order valence-electron chi connectivity index (χ3n) is 4.24. The first-order valence-electron chi connectivity index (χ1n) is 10.0. The molecule has 3 aromatic rings. The van der Waals surface area contributed by atoms with Gasteiger partial charge in [0.1, 0.15) is 37.1 Å². The molecular formula is C25H24N2O5. The minimum Gasteiger partial charge on any atom is -0.490 e. The van der Waals surface area contributed by atoms with Crippen LogP contribution in [-0.2, 0) is 0 Å². The Hall–Kier alpha value is -4.26. The van der Waals surface area contributed by atoms with E-state index in [9.17, 15) is 9.59 Å². The van der Waals surface area contributed by atoms with Crippen LogP contribution in [0, 0.1) is 0 Å². The van der Waals surface area contributed by atoms with E-state index in [1.165, 1.54) is 0 Å². The summed E-state index contributed by atoms with van der Waals surface area (Å²) in [5.41, 5.74) is 5.43. The van der Waals surface area contributed by atoms with Gasteiger partial charge in [0.2, 0.25) is 0 Å². The van der Waals surface area contributed by atoms with Crippen molar-refractivity contribution in [1.29, 1.82) is 0 Å². The molecule has 0 bridgehead atoms. The lowest BCUT2D eigenvalue weighted by Gasteiger charge is -2.12. The Kier molecular flexibility index (Phi) is 8.27. The van der Waals surface area contributed by atoms with E-state index in [1.807, 2.05) is 30.3 Å². The van der Waals surface area contributed by atoms with Crippen LogP contribution in [-0.4, -0.2) is 31.6 Å². The lowest BCUT2D eigenvalue weighted by atomic mass is 10.2. The Morgan fingerprint density at radius 3 is 2.19 bits per heavy atom. The van der Waals surface area contributed by atoms with Gasteiger partial charge in [-0.3, -0.25) is 20.4 Å². The van der Waals surface area contributed by atoms with Crippen LogP contribution in [0.3, 0.4) is 0 Å². The van der Waals surface area contributed by atoms with Crippen LogP contribution in [0.25, 0.3) is 0 Å². The first-order valence-corrected chi connectivity index (χ1v) is 10.0. The maximum Gasteiger partial charge on any atom is 0.273 e. The SMILES string of the molecule is C=CCOc1ccccc1C(=O)NNC(=O)c1cccc(OCCOc2ccccc2)c1. The fraction of sp³-hybridized carbons (Fsp3) is 0.120. The molecule has 7 heteroatoms. The zero-order chi connectivity index (χ0) is 22.6. The van der Waals surface area contributed by atoms with Crippen molar-refractivity contribution in [1.82, 2.24) is 10.9 Å². The summed E-state index contributed by atoms with van der Waals surface area (Å²) in [6.07, 6.45) is 1.58. The molecule has 164 valence electrons. The molecule has 3 rings (SSSR count). The van der Waals surface area contributed by atoms with E-state index in [0.29, 0.717) is 35.8 Å². The maximum absolute atomic E-state index is 12.5. The molecule has 0 heterocycles. The third-order valence-corrected chi connectivity index (χ3v) is 4.24. The Balaban J connectivity index is 1.50. The predicted molar refractivity (Wildman–Crippen MR) is 121 cm³/mol. The highest BCUT2D eigenvalue weighted by atomic mass is 16.5. The Morgan fingerprint density at radius 2 is 1.41 bits per heavy atom. The number of hydrogen-bond acceptors (Lipinski definition) is 5. The molecule has 2 amide bonds. The van der Waals surface area contributed by atoms with Crippen molar-refractivity contribution in [2.45, 2.75) is 0 Å². The van der Waals surface area contributed by atoms with Crippen molar-refractivity contribution in [2.24, 2.45) is 0 Å². The summed E-state index contributed by atoms with van der Waals surface area (Å²) in [5.74, 6) is 0.699. The molecule has 0 radical (unpaired) electrons. The van der Waals surface area contributed by atoms with Gasteiger partial charge in [0, 0.05) is 5.56 Å². The molecular weight excluding hydrogens is 408 g/mol. The quantitative estimate of drug-likeness (QED) is 0.289. The van der Waals surface area contributed by atoms with Gasteiger partial charge in [0.05, 0.1) is 5.56 Å². The molecule has 0 aliphatic heterocycles. The summed E-state index contributed by atoms with van der Waals surface area (Å²) in [5, 5.41) is 0. The van der Waals surface area contributed by atoms with Crippen LogP contribution < -0.4 is 25.1 Å². The smallest absolute Gasteiger partial charge is 0.273 e. The van der Waals surface area contributed by atoms with Crippen molar-refractivity contribution in [3.05, 3.63) is 103 Å². The Labute approximate surface area is 186 Å². The molecule has 7 nitrogen and oxygen atoms in total. The molecule has 32 heavy (non-hydrogen) atoms. The second-order valence-electron chi connectivity index (χ2n) is 6.54. The fourth-order valence-corrected chi connectivity index (χ4v) is 2.74. The lowest BCUT2D eigenvalue weighted by molar-refractivity contribution is 0.0844. The van der Waals surface area contributed by atoms with Gasteiger partial charge in [-0.1, -0.05) is 49.1 Å². The molecule has 3 aromatic carbocycles. The van der Waals surface area contributed by atoms with E-state index in [2.05, 4.69) is 17.4 Å². The predicted octanol–water partition coefficient (Wildman–Crippen LogP) is 3.78. The molecule has 0 atom stereocenters. The second-order valence-corrected chi connectivity index (χ2v) is 6.54. The third kappa shape index (κ3) is 6.63. The molecule has 0 saturated heterocycles. The number of benzene rings is 3. The van der Waals surface area contributed by atoms with Gasteiger partial charge in [-0.2, -0.15) is 0 Å². The molecule has 0 fully saturated rings. The van der Waals surface area contributed by atoms with Crippen molar-refractivity contribution in [3.8, 4) is 17.2 Å². The van der Waals surface area contributed by atoms with Crippen molar-refractivity contribution < 1.29 is 23.8 Å². The van der Waals surface area contributed by atoms with E-state index in [0.717, 1.165) is 5.75 Å². The first kappa shape index (κ1) is 22.4. The number of rotatable bonds is 10. The van der Waals surface area contributed by atoms with E-state index in [4.69, 9.17) is 14.2 Å². The average molecular weight is 432 g/mol. The zero-order valence-corrected chi connectivity index (χ0v) is 17.5. The standard InChI is InChI=1S/C25H24N2O5/c1-2-15-32-23-14-7-6-13-22(23)25(29)27-26-24(28)19-9-8-12-21(18-19)31-17-16-30-20-10-4-3-5-11-20/h2-14,18H,1,15-17H2,(H,26,28)(H,27,29). The summed E-state index contributed by atoms with van der Waals surface area (Å²) in [4.78, 5) is 24.9. The van der Waals surface area contributed by atoms with Crippen molar-refractivity contribution in [3.63, 3.8) is 0 Å². The molecule has 0 saturated carbocycles. The number of carbonyl (C=O) groups is 2. The minimum atomic E-state index is -0.497. The van der Waals surface area contributed by atoms with Crippen molar-refractivity contribution in [2.75, 3.05) is 19.8 Å². The van der Waals surface area contributed by atoms with Crippen LogP contribution in [0.5, 0.6) is 17.2 Å². The average Bonchev–Trinajstić information content (AvgIpc) is 2.84. The molecule has 0 aromatic heterocycles. The number of nitrogens with one attached hydrogen (secondary N) is 2. The summed E-state index contributed by atoms with van der Waals surface area (Å²) in [6, 6.07) is 22.8. The van der Waals surface area contributed by atoms with Crippen molar-refractivity contribution >= 4 is 11.8 Å². The summed E-state index contributed by atoms with van der Waals surface area (Å²) >= 11 is 0. The van der Waals surface area contributed by atoms with E-state index in [-0.39, 0.29) is 6.61 Å². The van der Waals surface area contributed by atoms with Gasteiger partial charge in [-0.25, -0.2) is 0 Å². The van der Waals surface area contributed by atoms with E-state index >= 15 is 0 Å². The Morgan fingerprint density at radius 1 is 0.750 bits per heavy atom. The monoisotopic (exact) mass is 432 g/mol. The normalized spacial score (nSPS) is 10.0. The number of hydrazine groups is 1. The summed E-state index contributed by atoms with van der Waals surface area (Å²) < 4.78 is 16.7. The van der Waals surface area contributed by atoms with Gasteiger partial charge >= 0.3 is 0 Å². The van der Waals surface area contributed by atoms with E-state index < -0.39 is 11.8 Å². The minimum absolute atomic E-state index is 0.264. The van der Waals surface area contributed by atoms with Gasteiger partial charge in [0.25, 0.3) is 11.8 Å². The lowest BCUT2D eigenvalue weighted by Crippen LogP contribution is -2.41. The highest BCUT2D eigenvalue weighted by molar-refractivity contribution is 6.00. The number of ether oxygens (including phenoxy) is 3.